The van der Waals surface area contributed by atoms with Crippen LogP contribution in [-0.2, 0) is 16.2 Å². The first-order valence-corrected chi connectivity index (χ1v) is 11.2. The average Bonchev–Trinajstić information content (AvgIpc) is 2.78. The number of carbonyl (C=O) groups excluding carboxylic acids is 3. The molecule has 1 saturated heterocycles. The van der Waals surface area contributed by atoms with E-state index in [2.05, 4.69) is 37.2 Å². The number of rotatable bonds is 5. The van der Waals surface area contributed by atoms with Gasteiger partial charge < -0.3 is 4.74 Å². The molecule has 0 saturated carbocycles. The monoisotopic (exact) mass is 572 g/mol. The maximum absolute atomic E-state index is 13.0. The lowest BCUT2D eigenvalue weighted by Crippen LogP contribution is -2.54. The van der Waals surface area contributed by atoms with Gasteiger partial charge in [0.2, 0.25) is 0 Å². The molecular weight excluding hydrogens is 559 g/mol. The topological polar surface area (TPSA) is 75.7 Å². The van der Waals surface area contributed by atoms with Gasteiger partial charge in [0, 0.05) is 4.47 Å². The Hall–Kier alpha value is -3.30. The molecule has 33 heavy (non-hydrogen) atoms. The number of imide groups is 2. The normalized spacial score (nSPS) is 15.1. The Labute approximate surface area is 205 Å². The van der Waals surface area contributed by atoms with Crippen molar-refractivity contribution in [1.29, 1.82) is 0 Å². The summed E-state index contributed by atoms with van der Waals surface area (Å²) in [6.07, 6.45) is 1.41. The van der Waals surface area contributed by atoms with Crippen LogP contribution in [0.1, 0.15) is 11.1 Å². The predicted octanol–water partition coefficient (Wildman–Crippen LogP) is 5.60. The average molecular weight is 574 g/mol. The first-order valence-electron chi connectivity index (χ1n) is 9.65. The van der Waals surface area contributed by atoms with E-state index in [1.54, 1.807) is 54.6 Å². The van der Waals surface area contributed by atoms with Crippen LogP contribution in [0.25, 0.3) is 6.08 Å². The molecule has 1 heterocycles. The van der Waals surface area contributed by atoms with Crippen molar-refractivity contribution in [2.24, 2.45) is 0 Å². The van der Waals surface area contributed by atoms with E-state index in [9.17, 15) is 18.8 Å². The van der Waals surface area contributed by atoms with Gasteiger partial charge in [-0.25, -0.2) is 14.1 Å². The van der Waals surface area contributed by atoms with Gasteiger partial charge in [-0.1, -0.05) is 34.1 Å². The van der Waals surface area contributed by atoms with Crippen LogP contribution in [0.15, 0.2) is 81.2 Å². The summed E-state index contributed by atoms with van der Waals surface area (Å²) in [5.41, 5.74) is 1.52. The van der Waals surface area contributed by atoms with Gasteiger partial charge in [0.15, 0.2) is 0 Å². The highest BCUT2D eigenvalue weighted by atomic mass is 79.9. The Kier molecular flexibility index (Phi) is 6.71. The van der Waals surface area contributed by atoms with E-state index < -0.39 is 17.8 Å². The second-order valence-corrected chi connectivity index (χ2v) is 8.81. The number of benzene rings is 3. The molecule has 166 valence electrons. The van der Waals surface area contributed by atoms with Gasteiger partial charge in [0.1, 0.15) is 23.7 Å². The summed E-state index contributed by atoms with van der Waals surface area (Å²) in [4.78, 5) is 38.5. The molecule has 0 spiro atoms. The molecule has 1 aliphatic heterocycles. The van der Waals surface area contributed by atoms with Crippen molar-refractivity contribution < 1.29 is 23.5 Å². The van der Waals surface area contributed by atoms with Crippen LogP contribution in [0.5, 0.6) is 5.75 Å². The second-order valence-electron chi connectivity index (χ2n) is 7.04. The van der Waals surface area contributed by atoms with Crippen LogP contribution in [0.4, 0.5) is 14.9 Å². The van der Waals surface area contributed by atoms with Gasteiger partial charge in [-0.05, 0) is 81.7 Å². The highest BCUT2D eigenvalue weighted by Crippen LogP contribution is 2.29. The van der Waals surface area contributed by atoms with Crippen molar-refractivity contribution >= 4 is 61.5 Å². The zero-order valence-electron chi connectivity index (χ0n) is 16.8. The third kappa shape index (κ3) is 5.20. The number of nitrogens with one attached hydrogen (secondary N) is 1. The second kappa shape index (κ2) is 9.68. The summed E-state index contributed by atoms with van der Waals surface area (Å²) >= 11 is 6.73. The number of urea groups is 1. The highest BCUT2D eigenvalue weighted by Gasteiger charge is 2.36. The van der Waals surface area contributed by atoms with Crippen molar-refractivity contribution in [2.75, 3.05) is 4.90 Å². The van der Waals surface area contributed by atoms with Gasteiger partial charge in [0.05, 0.1) is 10.2 Å². The van der Waals surface area contributed by atoms with E-state index >= 15 is 0 Å². The summed E-state index contributed by atoms with van der Waals surface area (Å²) in [7, 11) is 0. The molecule has 0 aromatic heterocycles. The summed E-state index contributed by atoms with van der Waals surface area (Å²) in [6, 6.07) is 16.8. The Balaban J connectivity index is 1.55. The number of nitrogens with zero attached hydrogens (tertiary/aromatic N) is 1. The van der Waals surface area contributed by atoms with Crippen LogP contribution in [0.2, 0.25) is 0 Å². The number of barbiturate groups is 1. The largest absolute Gasteiger partial charge is 0.488 e. The highest BCUT2D eigenvalue weighted by molar-refractivity contribution is 9.10. The molecule has 1 N–H and O–H groups in total. The zero-order chi connectivity index (χ0) is 23.5. The van der Waals surface area contributed by atoms with Crippen LogP contribution in [-0.4, -0.2) is 17.8 Å². The van der Waals surface area contributed by atoms with Crippen molar-refractivity contribution in [1.82, 2.24) is 5.32 Å². The molecule has 0 unspecified atom stereocenters. The summed E-state index contributed by atoms with van der Waals surface area (Å²) < 4.78 is 20.2. The smallest absolute Gasteiger partial charge is 0.335 e. The lowest BCUT2D eigenvalue weighted by Gasteiger charge is -2.26. The number of halogens is 3. The fraction of sp³-hybridized carbons (Fsp3) is 0.0417. The molecule has 0 aliphatic carbocycles. The van der Waals surface area contributed by atoms with Crippen molar-refractivity contribution in [3.8, 4) is 5.75 Å². The maximum Gasteiger partial charge on any atom is 0.335 e. The molecule has 4 amide bonds. The van der Waals surface area contributed by atoms with Gasteiger partial charge >= 0.3 is 6.03 Å². The molecule has 0 bridgehead atoms. The number of hydrogen-bond donors (Lipinski definition) is 1. The molecule has 3 aromatic carbocycles. The zero-order valence-corrected chi connectivity index (χ0v) is 20.0. The fourth-order valence-electron chi connectivity index (χ4n) is 3.11. The molecule has 1 aliphatic rings. The molecule has 6 nitrogen and oxygen atoms in total. The van der Waals surface area contributed by atoms with E-state index in [0.29, 0.717) is 21.5 Å². The van der Waals surface area contributed by atoms with Crippen LogP contribution < -0.4 is 15.0 Å². The lowest BCUT2D eigenvalue weighted by atomic mass is 10.1. The fourth-order valence-corrected chi connectivity index (χ4v) is 3.89. The first kappa shape index (κ1) is 22.9. The molecule has 0 radical (unpaired) electrons. The minimum absolute atomic E-state index is 0.176. The van der Waals surface area contributed by atoms with Crippen LogP contribution in [0.3, 0.4) is 0 Å². The summed E-state index contributed by atoms with van der Waals surface area (Å²) in [5, 5.41) is 2.20. The Morgan fingerprint density at radius 1 is 0.939 bits per heavy atom. The summed E-state index contributed by atoms with van der Waals surface area (Å²) in [6.45, 7) is 0.241. The Morgan fingerprint density at radius 2 is 1.64 bits per heavy atom. The Bertz CT molecular complexity index is 1270. The van der Waals surface area contributed by atoms with Crippen LogP contribution >= 0.6 is 31.9 Å². The number of carbonyl (C=O) groups is 3. The lowest BCUT2D eigenvalue weighted by molar-refractivity contribution is -0.122. The SMILES string of the molecule is O=C1NC(=O)N(c2ccc(Br)cc2)C(=O)/C1=C/c1ccc(OCc2ccc(F)cc2)c(Br)c1. The molecule has 4 rings (SSSR count). The van der Waals surface area contributed by atoms with Gasteiger partial charge in [-0.3, -0.25) is 14.9 Å². The number of amides is 4. The van der Waals surface area contributed by atoms with E-state index in [4.69, 9.17) is 4.74 Å². The third-order valence-electron chi connectivity index (χ3n) is 4.76. The van der Waals surface area contributed by atoms with Crippen LogP contribution in [0, 0.1) is 5.82 Å². The molecule has 1 fully saturated rings. The van der Waals surface area contributed by atoms with Gasteiger partial charge in [-0.2, -0.15) is 0 Å². The number of hydrogen-bond acceptors (Lipinski definition) is 4. The van der Waals surface area contributed by atoms with E-state index in [1.807, 2.05) is 0 Å². The molecule has 3 aromatic rings. The number of ether oxygens (including phenoxy) is 1. The third-order valence-corrected chi connectivity index (χ3v) is 5.91. The molecular formula is C24H15Br2FN2O4. The molecule has 9 heteroatoms. The maximum atomic E-state index is 13.0. The minimum Gasteiger partial charge on any atom is -0.488 e. The van der Waals surface area contributed by atoms with Gasteiger partial charge in [0.25, 0.3) is 11.8 Å². The Morgan fingerprint density at radius 3 is 2.30 bits per heavy atom. The predicted molar refractivity (Wildman–Crippen MR) is 128 cm³/mol. The quantitative estimate of drug-likeness (QED) is 0.319. The van der Waals surface area contributed by atoms with E-state index in [1.165, 1.54) is 18.2 Å². The van der Waals surface area contributed by atoms with E-state index in [-0.39, 0.29) is 18.0 Å². The summed E-state index contributed by atoms with van der Waals surface area (Å²) in [5.74, 6) is -1.28. The standard InChI is InChI=1S/C24H15Br2FN2O4/c25-16-4-8-18(9-5-16)29-23(31)19(22(30)28-24(29)32)11-15-3-10-21(20(26)12-15)33-13-14-1-6-17(27)7-2-14/h1-12H,13H2,(H,28,30,32)/b19-11+. The first-order chi connectivity index (χ1) is 15.8. The van der Waals surface area contributed by atoms with E-state index in [0.717, 1.165) is 14.9 Å². The molecule has 0 atom stereocenters. The van der Waals surface area contributed by atoms with Crippen molar-refractivity contribution in [3.05, 3.63) is 98.2 Å². The van der Waals surface area contributed by atoms with Crippen molar-refractivity contribution in [3.63, 3.8) is 0 Å². The van der Waals surface area contributed by atoms with Gasteiger partial charge in [-0.15, -0.1) is 0 Å². The number of anilines is 1. The van der Waals surface area contributed by atoms with Crippen molar-refractivity contribution in [2.45, 2.75) is 6.61 Å². The minimum atomic E-state index is -0.810.